The fraction of sp³-hybridized carbons (Fsp3) is 0.545. The van der Waals surface area contributed by atoms with Crippen molar-refractivity contribution in [3.8, 4) is 0 Å². The predicted octanol–water partition coefficient (Wildman–Crippen LogP) is -0.943. The van der Waals surface area contributed by atoms with Crippen LogP contribution in [0.15, 0.2) is 0 Å². The maximum absolute atomic E-state index is 11.7. The second-order valence-corrected chi connectivity index (χ2v) is 3.87. The summed E-state index contributed by atoms with van der Waals surface area (Å²) in [5.41, 5.74) is 0.251. The lowest BCUT2D eigenvalue weighted by Gasteiger charge is -2.07. The molecule has 0 spiro atoms. The first-order chi connectivity index (χ1) is 10.0. The molecule has 1 rings (SSSR count). The number of nitrogens with one attached hydrogen (secondary N) is 2. The summed E-state index contributed by atoms with van der Waals surface area (Å²) in [5.74, 6) is -1.28. The summed E-state index contributed by atoms with van der Waals surface area (Å²) in [6, 6.07) is -0.607. The summed E-state index contributed by atoms with van der Waals surface area (Å²) in [7, 11) is 2.63. The average molecular weight is 299 g/mol. The van der Waals surface area contributed by atoms with Gasteiger partial charge in [0.05, 0.1) is 19.4 Å². The Kier molecular flexibility index (Phi) is 6.27. The van der Waals surface area contributed by atoms with E-state index in [1.54, 1.807) is 6.92 Å². The third-order valence-corrected chi connectivity index (χ3v) is 2.38. The van der Waals surface area contributed by atoms with E-state index in [-0.39, 0.29) is 24.5 Å². The SMILES string of the molecule is CCNC(=O)NC(=O)Cn1nnc(C(=O)OC)c1COC. The summed E-state index contributed by atoms with van der Waals surface area (Å²) in [4.78, 5) is 34.4. The van der Waals surface area contributed by atoms with Gasteiger partial charge >= 0.3 is 12.0 Å². The number of hydrogen-bond acceptors (Lipinski definition) is 7. The van der Waals surface area contributed by atoms with Gasteiger partial charge in [-0.05, 0) is 6.92 Å². The summed E-state index contributed by atoms with van der Waals surface area (Å²) in [5, 5.41) is 11.9. The number of rotatable bonds is 6. The highest BCUT2D eigenvalue weighted by molar-refractivity contribution is 5.94. The summed E-state index contributed by atoms with van der Waals surface area (Å²) >= 11 is 0. The molecule has 2 N–H and O–H groups in total. The molecule has 10 heteroatoms. The molecule has 0 aliphatic heterocycles. The van der Waals surface area contributed by atoms with Crippen LogP contribution >= 0.6 is 0 Å². The molecule has 0 bridgehead atoms. The molecule has 0 unspecified atom stereocenters. The zero-order chi connectivity index (χ0) is 15.8. The molecule has 0 saturated heterocycles. The third-order valence-electron chi connectivity index (χ3n) is 2.38. The number of nitrogens with zero attached hydrogens (tertiary/aromatic N) is 3. The number of carbonyl (C=O) groups excluding carboxylic acids is 3. The van der Waals surface area contributed by atoms with Crippen molar-refractivity contribution in [3.63, 3.8) is 0 Å². The van der Waals surface area contributed by atoms with Crippen LogP contribution in [-0.2, 0) is 27.4 Å². The van der Waals surface area contributed by atoms with Crippen molar-refractivity contribution in [2.24, 2.45) is 0 Å². The zero-order valence-electron chi connectivity index (χ0n) is 12.0. The van der Waals surface area contributed by atoms with Crippen molar-refractivity contribution in [2.75, 3.05) is 20.8 Å². The lowest BCUT2D eigenvalue weighted by molar-refractivity contribution is -0.120. The van der Waals surface area contributed by atoms with Gasteiger partial charge < -0.3 is 14.8 Å². The van der Waals surface area contributed by atoms with Crippen molar-refractivity contribution >= 4 is 17.9 Å². The quantitative estimate of drug-likeness (QED) is 0.649. The highest BCUT2D eigenvalue weighted by atomic mass is 16.5. The van der Waals surface area contributed by atoms with E-state index >= 15 is 0 Å². The van der Waals surface area contributed by atoms with E-state index in [2.05, 4.69) is 25.7 Å². The van der Waals surface area contributed by atoms with Gasteiger partial charge in [-0.25, -0.2) is 14.3 Å². The lowest BCUT2D eigenvalue weighted by atomic mass is 10.3. The molecule has 1 aromatic rings. The van der Waals surface area contributed by atoms with Crippen LogP contribution < -0.4 is 10.6 Å². The van der Waals surface area contributed by atoms with E-state index in [1.165, 1.54) is 18.9 Å². The molecule has 0 aliphatic rings. The molecule has 0 saturated carbocycles. The normalized spacial score (nSPS) is 10.0. The first kappa shape index (κ1) is 16.6. The molecule has 0 atom stereocenters. The first-order valence-corrected chi connectivity index (χ1v) is 6.10. The van der Waals surface area contributed by atoms with Gasteiger partial charge in [0.1, 0.15) is 6.54 Å². The van der Waals surface area contributed by atoms with Crippen LogP contribution in [0.3, 0.4) is 0 Å². The lowest BCUT2D eigenvalue weighted by Crippen LogP contribution is -2.41. The fourth-order valence-electron chi connectivity index (χ4n) is 1.50. The minimum absolute atomic E-state index is 0.0197. The van der Waals surface area contributed by atoms with Gasteiger partial charge in [0.25, 0.3) is 0 Å². The molecule has 0 fully saturated rings. The molecule has 1 heterocycles. The number of esters is 1. The van der Waals surface area contributed by atoms with Gasteiger partial charge in [-0.1, -0.05) is 5.21 Å². The standard InChI is InChI=1S/C11H17N5O5/c1-4-12-11(19)13-8(17)5-16-7(6-20-2)9(14-15-16)10(18)21-3/h4-6H2,1-3H3,(H2,12,13,17,19). The number of imide groups is 1. The molecule has 116 valence electrons. The van der Waals surface area contributed by atoms with E-state index in [9.17, 15) is 14.4 Å². The molecule has 10 nitrogen and oxygen atoms in total. The van der Waals surface area contributed by atoms with Crippen LogP contribution in [-0.4, -0.2) is 53.7 Å². The Bertz CT molecular complexity index is 527. The number of hydrogen-bond donors (Lipinski definition) is 2. The Morgan fingerprint density at radius 2 is 2.00 bits per heavy atom. The smallest absolute Gasteiger partial charge is 0.360 e. The van der Waals surface area contributed by atoms with E-state index in [0.29, 0.717) is 6.54 Å². The Morgan fingerprint density at radius 1 is 1.29 bits per heavy atom. The van der Waals surface area contributed by atoms with E-state index in [4.69, 9.17) is 4.74 Å². The monoisotopic (exact) mass is 299 g/mol. The molecular formula is C11H17N5O5. The number of carbonyl (C=O) groups is 3. The van der Waals surface area contributed by atoms with Crippen molar-refractivity contribution in [1.82, 2.24) is 25.6 Å². The van der Waals surface area contributed by atoms with Gasteiger partial charge in [0.2, 0.25) is 5.91 Å². The van der Waals surface area contributed by atoms with Crippen molar-refractivity contribution < 1.29 is 23.9 Å². The minimum Gasteiger partial charge on any atom is -0.464 e. The Balaban J connectivity index is 2.83. The van der Waals surface area contributed by atoms with Gasteiger partial charge in [-0.2, -0.15) is 0 Å². The van der Waals surface area contributed by atoms with Crippen molar-refractivity contribution in [3.05, 3.63) is 11.4 Å². The van der Waals surface area contributed by atoms with Crippen LogP contribution in [0.2, 0.25) is 0 Å². The molecular weight excluding hydrogens is 282 g/mol. The maximum Gasteiger partial charge on any atom is 0.360 e. The predicted molar refractivity (Wildman–Crippen MR) is 69.3 cm³/mol. The van der Waals surface area contributed by atoms with Gasteiger partial charge in [0, 0.05) is 13.7 Å². The van der Waals surface area contributed by atoms with Crippen molar-refractivity contribution in [2.45, 2.75) is 20.1 Å². The molecule has 1 aromatic heterocycles. The Labute approximate surface area is 120 Å². The summed E-state index contributed by atoms with van der Waals surface area (Å²) in [6.45, 7) is 1.86. The van der Waals surface area contributed by atoms with Crippen LogP contribution in [0.4, 0.5) is 4.79 Å². The number of amides is 3. The van der Waals surface area contributed by atoms with Gasteiger partial charge in [-0.15, -0.1) is 5.10 Å². The number of methoxy groups -OCH3 is 2. The fourth-order valence-corrected chi connectivity index (χ4v) is 1.50. The number of aromatic nitrogens is 3. The van der Waals surface area contributed by atoms with Gasteiger partial charge in [-0.3, -0.25) is 10.1 Å². The van der Waals surface area contributed by atoms with E-state index < -0.39 is 17.9 Å². The Morgan fingerprint density at radius 3 is 2.57 bits per heavy atom. The molecule has 3 amide bonds. The Hall–Kier alpha value is -2.49. The second kappa shape index (κ2) is 7.94. The molecule has 0 radical (unpaired) electrons. The number of urea groups is 1. The van der Waals surface area contributed by atoms with E-state index in [1.807, 2.05) is 0 Å². The number of ether oxygens (including phenoxy) is 2. The van der Waals surface area contributed by atoms with Gasteiger partial charge in [0.15, 0.2) is 5.69 Å². The largest absolute Gasteiger partial charge is 0.464 e. The van der Waals surface area contributed by atoms with Crippen LogP contribution in [0, 0.1) is 0 Å². The minimum atomic E-state index is -0.683. The zero-order valence-corrected chi connectivity index (χ0v) is 12.0. The van der Waals surface area contributed by atoms with Crippen molar-refractivity contribution in [1.29, 1.82) is 0 Å². The summed E-state index contributed by atoms with van der Waals surface area (Å²) < 4.78 is 10.7. The molecule has 0 aliphatic carbocycles. The van der Waals surface area contributed by atoms with Crippen LogP contribution in [0.5, 0.6) is 0 Å². The third kappa shape index (κ3) is 4.53. The first-order valence-electron chi connectivity index (χ1n) is 6.10. The second-order valence-electron chi connectivity index (χ2n) is 3.87. The van der Waals surface area contributed by atoms with Crippen LogP contribution in [0.25, 0.3) is 0 Å². The van der Waals surface area contributed by atoms with E-state index in [0.717, 1.165) is 0 Å². The maximum atomic E-state index is 11.7. The topological polar surface area (TPSA) is 124 Å². The molecule has 0 aromatic carbocycles. The van der Waals surface area contributed by atoms with Crippen LogP contribution in [0.1, 0.15) is 23.1 Å². The highest BCUT2D eigenvalue weighted by Crippen LogP contribution is 2.08. The summed E-state index contributed by atoms with van der Waals surface area (Å²) in [6.07, 6.45) is 0. The highest BCUT2D eigenvalue weighted by Gasteiger charge is 2.21. The molecule has 21 heavy (non-hydrogen) atoms. The average Bonchev–Trinajstić information content (AvgIpc) is 2.81.